The van der Waals surface area contributed by atoms with Crippen molar-refractivity contribution in [2.75, 3.05) is 20.4 Å². The van der Waals surface area contributed by atoms with E-state index in [0.717, 1.165) is 16.9 Å². The molecule has 0 spiro atoms. The molecule has 3 rings (SSSR count). The molecule has 0 fully saturated rings. The van der Waals surface area contributed by atoms with Crippen LogP contribution in [0.15, 0.2) is 42.5 Å². The van der Waals surface area contributed by atoms with Crippen LogP contribution in [0.5, 0.6) is 17.2 Å². The first kappa shape index (κ1) is 18.6. The Labute approximate surface area is 157 Å². The van der Waals surface area contributed by atoms with Crippen LogP contribution in [0, 0.1) is 0 Å². The summed E-state index contributed by atoms with van der Waals surface area (Å²) < 4.78 is 15.7. The number of amides is 2. The van der Waals surface area contributed by atoms with E-state index in [0.29, 0.717) is 31.0 Å². The number of carbonyl (C=O) groups excluding carboxylic acids is 2. The van der Waals surface area contributed by atoms with E-state index in [2.05, 4.69) is 10.6 Å². The summed E-state index contributed by atoms with van der Waals surface area (Å²) >= 11 is 0. The lowest BCUT2D eigenvalue weighted by Crippen LogP contribution is -2.32. The summed E-state index contributed by atoms with van der Waals surface area (Å²) in [5, 5.41) is 5.49. The number of ether oxygens (including phenoxy) is 3. The number of methoxy groups -OCH3 is 1. The standard InChI is InChI=1S/C20H22N2O5/c1-25-16-4-2-3-14(9-16)7-8-21-19(23)11-20(24)22-12-15-5-6-17-18(10-15)27-13-26-17/h2-6,9-10H,7-8,11-13H2,1H3,(H,21,23)(H,22,24). The normalized spacial score (nSPS) is 11.7. The predicted molar refractivity (Wildman–Crippen MR) is 98.7 cm³/mol. The lowest BCUT2D eigenvalue weighted by molar-refractivity contribution is -0.129. The van der Waals surface area contributed by atoms with Crippen molar-refractivity contribution in [2.24, 2.45) is 0 Å². The summed E-state index contributed by atoms with van der Waals surface area (Å²) in [5.74, 6) is 1.51. The summed E-state index contributed by atoms with van der Waals surface area (Å²) in [6.07, 6.45) is 0.463. The highest BCUT2D eigenvalue weighted by Gasteiger charge is 2.14. The molecular formula is C20H22N2O5. The zero-order valence-corrected chi connectivity index (χ0v) is 15.1. The third-order valence-electron chi connectivity index (χ3n) is 4.12. The van der Waals surface area contributed by atoms with Gasteiger partial charge in [-0.1, -0.05) is 18.2 Å². The molecule has 7 nitrogen and oxygen atoms in total. The van der Waals surface area contributed by atoms with Gasteiger partial charge in [-0.05, 0) is 41.8 Å². The van der Waals surface area contributed by atoms with Crippen molar-refractivity contribution in [3.05, 3.63) is 53.6 Å². The van der Waals surface area contributed by atoms with Crippen LogP contribution >= 0.6 is 0 Å². The van der Waals surface area contributed by atoms with Gasteiger partial charge in [-0.15, -0.1) is 0 Å². The molecule has 1 aliphatic rings. The second kappa shape index (κ2) is 8.93. The fourth-order valence-electron chi connectivity index (χ4n) is 2.70. The van der Waals surface area contributed by atoms with Crippen molar-refractivity contribution >= 4 is 11.8 Å². The van der Waals surface area contributed by atoms with Gasteiger partial charge in [-0.25, -0.2) is 0 Å². The number of benzene rings is 2. The van der Waals surface area contributed by atoms with Crippen molar-refractivity contribution in [3.8, 4) is 17.2 Å². The lowest BCUT2D eigenvalue weighted by atomic mass is 10.1. The highest BCUT2D eigenvalue weighted by Crippen LogP contribution is 2.32. The average Bonchev–Trinajstić information content (AvgIpc) is 3.14. The minimum Gasteiger partial charge on any atom is -0.497 e. The van der Waals surface area contributed by atoms with Gasteiger partial charge in [-0.3, -0.25) is 9.59 Å². The molecule has 1 heterocycles. The van der Waals surface area contributed by atoms with Crippen molar-refractivity contribution in [1.29, 1.82) is 0 Å². The van der Waals surface area contributed by atoms with E-state index in [-0.39, 0.29) is 25.0 Å². The molecule has 0 atom stereocenters. The fourth-order valence-corrected chi connectivity index (χ4v) is 2.70. The van der Waals surface area contributed by atoms with Crippen LogP contribution in [0.1, 0.15) is 17.5 Å². The Hall–Kier alpha value is -3.22. The largest absolute Gasteiger partial charge is 0.497 e. The molecule has 2 aromatic rings. The summed E-state index contributed by atoms with van der Waals surface area (Å²) in [4.78, 5) is 23.8. The van der Waals surface area contributed by atoms with Gasteiger partial charge in [0.05, 0.1) is 7.11 Å². The Morgan fingerprint density at radius 3 is 2.67 bits per heavy atom. The number of carbonyl (C=O) groups is 2. The first-order chi connectivity index (χ1) is 13.1. The predicted octanol–water partition coefficient (Wildman–Crippen LogP) is 1.79. The first-order valence-electron chi connectivity index (χ1n) is 8.69. The van der Waals surface area contributed by atoms with E-state index in [9.17, 15) is 9.59 Å². The van der Waals surface area contributed by atoms with E-state index >= 15 is 0 Å². The molecule has 142 valence electrons. The Morgan fingerprint density at radius 1 is 1.00 bits per heavy atom. The molecule has 1 aliphatic heterocycles. The fraction of sp³-hybridized carbons (Fsp3) is 0.300. The lowest BCUT2D eigenvalue weighted by Gasteiger charge is -2.08. The molecule has 2 amide bonds. The smallest absolute Gasteiger partial charge is 0.231 e. The Bertz CT molecular complexity index is 822. The van der Waals surface area contributed by atoms with E-state index in [1.165, 1.54) is 0 Å². The Balaban J connectivity index is 1.37. The first-order valence-corrected chi connectivity index (χ1v) is 8.69. The number of rotatable bonds is 8. The zero-order chi connectivity index (χ0) is 19.1. The van der Waals surface area contributed by atoms with Crippen molar-refractivity contribution < 1.29 is 23.8 Å². The quantitative estimate of drug-likeness (QED) is 0.692. The number of fused-ring (bicyclic) bond motifs is 1. The summed E-state index contributed by atoms with van der Waals surface area (Å²) in [5.41, 5.74) is 1.94. The highest BCUT2D eigenvalue weighted by atomic mass is 16.7. The second-order valence-corrected chi connectivity index (χ2v) is 6.09. The molecule has 2 N–H and O–H groups in total. The van der Waals surface area contributed by atoms with Gasteiger partial charge in [0.15, 0.2) is 11.5 Å². The van der Waals surface area contributed by atoms with Crippen LogP contribution in [0.3, 0.4) is 0 Å². The molecule has 0 radical (unpaired) electrons. The number of hydrogen-bond acceptors (Lipinski definition) is 5. The Morgan fingerprint density at radius 2 is 1.81 bits per heavy atom. The van der Waals surface area contributed by atoms with Crippen molar-refractivity contribution in [1.82, 2.24) is 10.6 Å². The van der Waals surface area contributed by atoms with Gasteiger partial charge in [0, 0.05) is 13.1 Å². The van der Waals surface area contributed by atoms with E-state index in [1.54, 1.807) is 13.2 Å². The molecule has 0 saturated carbocycles. The van der Waals surface area contributed by atoms with Crippen LogP contribution in [-0.4, -0.2) is 32.3 Å². The van der Waals surface area contributed by atoms with E-state index in [1.807, 2.05) is 36.4 Å². The molecule has 0 saturated heterocycles. The topological polar surface area (TPSA) is 85.9 Å². The van der Waals surface area contributed by atoms with Crippen molar-refractivity contribution in [2.45, 2.75) is 19.4 Å². The Kier molecular flexibility index (Phi) is 6.14. The summed E-state index contributed by atoms with van der Waals surface area (Å²) in [6, 6.07) is 13.1. The maximum absolute atomic E-state index is 11.9. The maximum atomic E-state index is 11.9. The highest BCUT2D eigenvalue weighted by molar-refractivity contribution is 5.96. The molecule has 0 bridgehead atoms. The van der Waals surface area contributed by atoms with Gasteiger partial charge in [-0.2, -0.15) is 0 Å². The van der Waals surface area contributed by atoms with Gasteiger partial charge in [0.25, 0.3) is 0 Å². The minimum absolute atomic E-state index is 0.206. The molecule has 7 heteroatoms. The van der Waals surface area contributed by atoms with Gasteiger partial charge >= 0.3 is 0 Å². The van der Waals surface area contributed by atoms with Gasteiger partial charge in [0.1, 0.15) is 12.2 Å². The van der Waals surface area contributed by atoms with Crippen molar-refractivity contribution in [3.63, 3.8) is 0 Å². The average molecular weight is 370 g/mol. The minimum atomic E-state index is -0.327. The molecule has 0 unspecified atom stereocenters. The van der Waals surface area contributed by atoms with Crippen LogP contribution in [-0.2, 0) is 22.6 Å². The molecule has 2 aromatic carbocycles. The monoisotopic (exact) mass is 370 g/mol. The summed E-state index contributed by atoms with van der Waals surface area (Å²) in [7, 11) is 1.61. The third kappa shape index (κ3) is 5.37. The number of hydrogen-bond donors (Lipinski definition) is 2. The molecule has 0 aromatic heterocycles. The second-order valence-electron chi connectivity index (χ2n) is 6.09. The van der Waals surface area contributed by atoms with Crippen LogP contribution in [0.25, 0.3) is 0 Å². The maximum Gasteiger partial charge on any atom is 0.231 e. The SMILES string of the molecule is COc1cccc(CCNC(=O)CC(=O)NCc2ccc3c(c2)OCO3)c1. The van der Waals surface area contributed by atoms with Crippen LogP contribution < -0.4 is 24.8 Å². The van der Waals surface area contributed by atoms with E-state index < -0.39 is 0 Å². The van der Waals surface area contributed by atoms with Crippen LogP contribution in [0.4, 0.5) is 0 Å². The van der Waals surface area contributed by atoms with Gasteiger partial charge in [0.2, 0.25) is 18.6 Å². The summed E-state index contributed by atoms with van der Waals surface area (Å²) in [6.45, 7) is 0.995. The molecular weight excluding hydrogens is 348 g/mol. The number of nitrogens with one attached hydrogen (secondary N) is 2. The third-order valence-corrected chi connectivity index (χ3v) is 4.12. The zero-order valence-electron chi connectivity index (χ0n) is 15.1. The van der Waals surface area contributed by atoms with Gasteiger partial charge < -0.3 is 24.8 Å². The van der Waals surface area contributed by atoms with E-state index in [4.69, 9.17) is 14.2 Å². The molecule has 0 aliphatic carbocycles. The molecule has 27 heavy (non-hydrogen) atoms. The van der Waals surface area contributed by atoms with Crippen LogP contribution in [0.2, 0.25) is 0 Å².